The molecule has 1 aliphatic heterocycles. The number of benzene rings is 1. The zero-order chi connectivity index (χ0) is 16.7. The zero-order valence-corrected chi connectivity index (χ0v) is 13.3. The molecule has 2 aliphatic rings. The van der Waals surface area contributed by atoms with Crippen LogP contribution in [0.2, 0.25) is 0 Å². The number of rotatable bonds is 4. The molecule has 126 valence electrons. The molecule has 1 N–H and O–H groups in total. The molecule has 0 aromatic heterocycles. The first-order valence-corrected chi connectivity index (χ1v) is 7.56. The molecule has 1 amide bonds. The fourth-order valence-corrected chi connectivity index (χ4v) is 3.59. The molecule has 4 atom stereocenters. The molecule has 5 nitrogen and oxygen atoms in total. The lowest BCUT2D eigenvalue weighted by atomic mass is 9.71. The zero-order valence-electron chi connectivity index (χ0n) is 13.3. The number of nitrogens with zero attached hydrogens (tertiary/aromatic N) is 1. The maximum absolute atomic E-state index is 14.0. The van der Waals surface area contributed by atoms with E-state index in [-0.39, 0.29) is 29.9 Å². The Morgan fingerprint density at radius 1 is 1.35 bits per heavy atom. The van der Waals surface area contributed by atoms with Gasteiger partial charge >= 0.3 is 0 Å². The Kier molecular flexibility index (Phi) is 4.25. The number of ether oxygens (including phenoxy) is 2. The van der Waals surface area contributed by atoms with E-state index in [2.05, 4.69) is 5.32 Å². The van der Waals surface area contributed by atoms with Crippen LogP contribution in [-0.2, 0) is 4.74 Å². The van der Waals surface area contributed by atoms with Crippen molar-refractivity contribution in [2.75, 3.05) is 27.8 Å². The third-order valence-corrected chi connectivity index (χ3v) is 4.72. The summed E-state index contributed by atoms with van der Waals surface area (Å²) in [5.74, 6) is -2.38. The number of likely N-dealkylation sites (N-methyl/N-ethyl adjacent to an activating group) is 1. The Balaban J connectivity index is 1.79. The fourth-order valence-electron chi connectivity index (χ4n) is 3.59. The Hall–Kier alpha value is -1.73. The lowest BCUT2D eigenvalue weighted by Gasteiger charge is -2.50. The van der Waals surface area contributed by atoms with E-state index in [1.165, 1.54) is 7.11 Å². The number of halogens is 2. The van der Waals surface area contributed by atoms with Gasteiger partial charge in [0.1, 0.15) is 22.9 Å². The van der Waals surface area contributed by atoms with Gasteiger partial charge in [-0.05, 0) is 20.5 Å². The highest BCUT2D eigenvalue weighted by Gasteiger charge is 2.55. The highest BCUT2D eigenvalue weighted by Crippen LogP contribution is 2.41. The van der Waals surface area contributed by atoms with Gasteiger partial charge in [-0.1, -0.05) is 0 Å². The summed E-state index contributed by atoms with van der Waals surface area (Å²) in [5.41, 5.74) is -0.578. The van der Waals surface area contributed by atoms with Gasteiger partial charge in [0.25, 0.3) is 5.91 Å². The summed E-state index contributed by atoms with van der Waals surface area (Å²) >= 11 is 0. The van der Waals surface area contributed by atoms with Gasteiger partial charge < -0.3 is 19.7 Å². The highest BCUT2D eigenvalue weighted by atomic mass is 19.1. The molecule has 0 unspecified atom stereocenters. The van der Waals surface area contributed by atoms with Gasteiger partial charge in [-0.3, -0.25) is 4.79 Å². The Morgan fingerprint density at radius 2 is 2.00 bits per heavy atom. The minimum atomic E-state index is -0.931. The molecule has 2 fully saturated rings. The number of carbonyl (C=O) groups excluding carboxylic acids is 1. The van der Waals surface area contributed by atoms with Crippen molar-refractivity contribution in [2.24, 2.45) is 5.92 Å². The molecule has 0 bridgehead atoms. The molecule has 0 spiro atoms. The molecule has 7 heteroatoms. The molecule has 0 radical (unpaired) electrons. The summed E-state index contributed by atoms with van der Waals surface area (Å²) < 4.78 is 38.5. The summed E-state index contributed by atoms with van der Waals surface area (Å²) in [6.07, 6.45) is 0.911. The van der Waals surface area contributed by atoms with Crippen LogP contribution in [0.3, 0.4) is 0 Å². The highest BCUT2D eigenvalue weighted by molar-refractivity contribution is 5.95. The van der Waals surface area contributed by atoms with Gasteiger partial charge in [-0.2, -0.15) is 0 Å². The lowest BCUT2D eigenvalue weighted by Crippen LogP contribution is -2.69. The normalized spacial score (nSPS) is 29.1. The summed E-state index contributed by atoms with van der Waals surface area (Å²) in [6.45, 7) is 0.650. The van der Waals surface area contributed by atoms with Crippen LogP contribution in [0, 0.1) is 17.6 Å². The summed E-state index contributed by atoms with van der Waals surface area (Å²) in [4.78, 5) is 14.3. The smallest absolute Gasteiger partial charge is 0.257 e. The molecule has 1 aromatic rings. The first kappa shape index (κ1) is 16.1. The number of methoxy groups -OCH3 is 1. The quantitative estimate of drug-likeness (QED) is 0.909. The van der Waals surface area contributed by atoms with E-state index in [0.29, 0.717) is 6.61 Å². The van der Waals surface area contributed by atoms with Gasteiger partial charge in [0.15, 0.2) is 0 Å². The van der Waals surface area contributed by atoms with Crippen LogP contribution < -0.4 is 10.1 Å². The van der Waals surface area contributed by atoms with Crippen molar-refractivity contribution in [3.8, 4) is 5.75 Å². The number of amides is 1. The Labute approximate surface area is 133 Å². The van der Waals surface area contributed by atoms with Gasteiger partial charge in [0, 0.05) is 24.7 Å². The molecule has 1 heterocycles. The first-order valence-electron chi connectivity index (χ1n) is 7.56. The number of fused-ring (bicyclic) bond motifs is 1. The second-order valence-corrected chi connectivity index (χ2v) is 6.21. The minimum Gasteiger partial charge on any atom is -0.497 e. The maximum Gasteiger partial charge on any atom is 0.257 e. The molecule has 3 rings (SSSR count). The monoisotopic (exact) mass is 326 g/mol. The molecule has 1 aliphatic carbocycles. The van der Waals surface area contributed by atoms with Crippen LogP contribution in [0.4, 0.5) is 8.78 Å². The SMILES string of the molecule is COc1cc(F)c(C(=O)N[C@H]2[C@H]3CCO[C@H]3[C@@H]2N(C)C)c(F)c1. The number of nitrogens with one attached hydrogen (secondary N) is 1. The van der Waals surface area contributed by atoms with Gasteiger partial charge in [-0.15, -0.1) is 0 Å². The first-order chi connectivity index (χ1) is 10.9. The standard InChI is InChI=1S/C16H20F2N2O3/c1-20(2)14-13(9-4-5-23-15(9)14)19-16(21)12-10(17)6-8(22-3)7-11(12)18/h6-7,9,13-15H,4-5H2,1-3H3,(H,19,21)/t9-,13+,14-,15-/m1/s1. The molecular weight excluding hydrogens is 306 g/mol. The molecule has 1 aromatic carbocycles. The van der Waals surface area contributed by atoms with Crippen LogP contribution in [0.1, 0.15) is 16.8 Å². The van der Waals surface area contributed by atoms with Crippen molar-refractivity contribution >= 4 is 5.91 Å². The van der Waals surface area contributed by atoms with E-state index in [1.54, 1.807) is 0 Å². The average molecular weight is 326 g/mol. The van der Waals surface area contributed by atoms with Crippen LogP contribution in [-0.4, -0.2) is 56.8 Å². The van der Waals surface area contributed by atoms with Crippen LogP contribution in [0.25, 0.3) is 0 Å². The summed E-state index contributed by atoms with van der Waals surface area (Å²) in [7, 11) is 5.11. The minimum absolute atomic E-state index is 0.0100. The lowest BCUT2D eigenvalue weighted by molar-refractivity contribution is -0.0664. The van der Waals surface area contributed by atoms with Gasteiger partial charge in [-0.25, -0.2) is 8.78 Å². The predicted molar refractivity (Wildman–Crippen MR) is 79.5 cm³/mol. The van der Waals surface area contributed by atoms with E-state index < -0.39 is 23.1 Å². The van der Waals surface area contributed by atoms with E-state index >= 15 is 0 Å². The topological polar surface area (TPSA) is 50.8 Å². The number of carbonyl (C=O) groups is 1. The van der Waals surface area contributed by atoms with Crippen molar-refractivity contribution in [1.29, 1.82) is 0 Å². The Bertz CT molecular complexity index is 600. The molecule has 1 saturated heterocycles. The van der Waals surface area contributed by atoms with Crippen molar-refractivity contribution in [2.45, 2.75) is 24.6 Å². The van der Waals surface area contributed by atoms with Gasteiger partial charge in [0.05, 0.1) is 25.3 Å². The summed E-state index contributed by atoms with van der Waals surface area (Å²) in [5, 5.41) is 2.77. The van der Waals surface area contributed by atoms with E-state index in [4.69, 9.17) is 9.47 Å². The fraction of sp³-hybridized carbons (Fsp3) is 0.562. The van der Waals surface area contributed by atoms with E-state index in [0.717, 1.165) is 18.6 Å². The molecule has 23 heavy (non-hydrogen) atoms. The molecule has 1 saturated carbocycles. The summed E-state index contributed by atoms with van der Waals surface area (Å²) in [6, 6.07) is 1.84. The van der Waals surface area contributed by atoms with Crippen molar-refractivity contribution in [3.05, 3.63) is 29.3 Å². The van der Waals surface area contributed by atoms with Crippen LogP contribution >= 0.6 is 0 Å². The molecular formula is C16H20F2N2O3. The second-order valence-electron chi connectivity index (χ2n) is 6.21. The van der Waals surface area contributed by atoms with Crippen molar-refractivity contribution < 1.29 is 23.0 Å². The van der Waals surface area contributed by atoms with Gasteiger partial charge in [0.2, 0.25) is 0 Å². The van der Waals surface area contributed by atoms with Crippen LogP contribution in [0.15, 0.2) is 12.1 Å². The largest absolute Gasteiger partial charge is 0.497 e. The van der Waals surface area contributed by atoms with Crippen molar-refractivity contribution in [1.82, 2.24) is 10.2 Å². The Morgan fingerprint density at radius 3 is 2.57 bits per heavy atom. The van der Waals surface area contributed by atoms with Crippen molar-refractivity contribution in [3.63, 3.8) is 0 Å². The second kappa shape index (κ2) is 6.05. The van der Waals surface area contributed by atoms with Crippen LogP contribution in [0.5, 0.6) is 5.75 Å². The van der Waals surface area contributed by atoms with E-state index in [9.17, 15) is 13.6 Å². The predicted octanol–water partition coefficient (Wildman–Crippen LogP) is 1.42. The third kappa shape index (κ3) is 2.68. The van der Waals surface area contributed by atoms with E-state index in [1.807, 2.05) is 19.0 Å². The average Bonchev–Trinajstić information content (AvgIpc) is 2.87. The third-order valence-electron chi connectivity index (χ3n) is 4.72. The number of hydrogen-bond acceptors (Lipinski definition) is 4. The maximum atomic E-state index is 14.0. The number of hydrogen-bond donors (Lipinski definition) is 1.